The molecule has 3 amide bonds. The van der Waals surface area contributed by atoms with Crippen molar-refractivity contribution in [1.29, 1.82) is 0 Å². The lowest BCUT2D eigenvalue weighted by Gasteiger charge is -2.28. The lowest BCUT2D eigenvalue weighted by Crippen LogP contribution is -2.45. The van der Waals surface area contributed by atoms with Crippen molar-refractivity contribution >= 4 is 17.6 Å². The highest BCUT2D eigenvalue weighted by molar-refractivity contribution is 5.92. The van der Waals surface area contributed by atoms with Crippen molar-refractivity contribution in [1.82, 2.24) is 9.80 Å². The zero-order valence-corrected chi connectivity index (χ0v) is 19.9. The predicted octanol–water partition coefficient (Wildman–Crippen LogP) is 6.16. The van der Waals surface area contributed by atoms with Gasteiger partial charge in [0, 0.05) is 18.8 Å². The summed E-state index contributed by atoms with van der Waals surface area (Å²) in [7, 11) is 0. The Labute approximate surface area is 206 Å². The fourth-order valence-electron chi connectivity index (χ4n) is 3.53. The summed E-state index contributed by atoms with van der Waals surface area (Å²) in [4.78, 5) is 29.0. The Bertz CT molecular complexity index is 1150. The number of carbonyl (C=O) groups excluding carboxylic acids is 2. The highest BCUT2D eigenvalue weighted by atomic mass is 19.4. The Morgan fingerprint density at radius 1 is 0.972 bits per heavy atom. The monoisotopic (exact) mass is 505 g/mol. The molecule has 3 rings (SSSR count). The maximum absolute atomic E-state index is 13.3. The zero-order valence-electron chi connectivity index (χ0n) is 19.9. The Kier molecular flexibility index (Phi) is 8.73. The van der Waals surface area contributed by atoms with Gasteiger partial charge in [-0.15, -0.1) is 0 Å². The first-order valence-corrected chi connectivity index (χ1v) is 11.3. The molecule has 10 heteroatoms. The number of alkyl halides is 3. The normalized spacial score (nSPS) is 11.4. The van der Waals surface area contributed by atoms with Crippen LogP contribution in [0.4, 0.5) is 28.0 Å². The fraction of sp³-hybridized carbons (Fsp3) is 0.308. The number of amides is 3. The van der Waals surface area contributed by atoms with Gasteiger partial charge in [0.15, 0.2) is 0 Å². The van der Waals surface area contributed by atoms with Gasteiger partial charge in [-0.1, -0.05) is 32.0 Å². The predicted molar refractivity (Wildman–Crippen MR) is 126 cm³/mol. The third-order valence-electron chi connectivity index (χ3n) is 5.21. The molecule has 6 nitrogen and oxygen atoms in total. The van der Waals surface area contributed by atoms with Crippen molar-refractivity contribution in [3.8, 4) is 0 Å². The Balaban J connectivity index is 1.77. The lowest BCUT2D eigenvalue weighted by molar-refractivity contribution is -0.137. The number of anilines is 1. The van der Waals surface area contributed by atoms with Crippen LogP contribution in [0.3, 0.4) is 0 Å². The van der Waals surface area contributed by atoms with Crippen LogP contribution in [0.5, 0.6) is 0 Å². The number of furan rings is 1. The summed E-state index contributed by atoms with van der Waals surface area (Å²) in [6.07, 6.45) is -3.08. The summed E-state index contributed by atoms with van der Waals surface area (Å²) in [6.45, 7) is 3.85. The molecule has 0 fully saturated rings. The van der Waals surface area contributed by atoms with Crippen LogP contribution in [0.2, 0.25) is 0 Å². The van der Waals surface area contributed by atoms with Gasteiger partial charge < -0.3 is 19.5 Å². The summed E-state index contributed by atoms with van der Waals surface area (Å²) in [5.41, 5.74) is -0.245. The molecule has 1 aromatic heterocycles. The van der Waals surface area contributed by atoms with Gasteiger partial charge in [-0.2, -0.15) is 13.2 Å². The largest absolute Gasteiger partial charge is 0.467 e. The van der Waals surface area contributed by atoms with E-state index < -0.39 is 29.5 Å². The van der Waals surface area contributed by atoms with E-state index in [0.29, 0.717) is 11.3 Å². The number of carbonyl (C=O) groups is 2. The summed E-state index contributed by atoms with van der Waals surface area (Å²) >= 11 is 0. The minimum atomic E-state index is -4.55. The Morgan fingerprint density at radius 3 is 2.31 bits per heavy atom. The van der Waals surface area contributed by atoms with Crippen molar-refractivity contribution in [3.05, 3.63) is 89.6 Å². The van der Waals surface area contributed by atoms with Crippen LogP contribution in [-0.2, 0) is 24.1 Å². The third-order valence-corrected chi connectivity index (χ3v) is 5.21. The molecule has 0 unspecified atom stereocenters. The summed E-state index contributed by atoms with van der Waals surface area (Å²) < 4.78 is 57.9. The number of nitrogens with one attached hydrogen (secondary N) is 1. The molecule has 0 aliphatic rings. The minimum absolute atomic E-state index is 0.0133. The molecule has 0 atom stereocenters. The van der Waals surface area contributed by atoms with Gasteiger partial charge in [-0.3, -0.25) is 4.79 Å². The molecule has 192 valence electrons. The number of rotatable bonds is 9. The standard InChI is InChI=1S/C26H27F4N3O3/c1-18(2)14-33(25(35)31-22-6-3-5-20(13-22)26(28,29)30)17-24(34)32(16-23-7-4-12-36-23)15-19-8-10-21(27)11-9-19/h3-13,18H,14-17H2,1-2H3,(H,31,35). The molecule has 36 heavy (non-hydrogen) atoms. The molecule has 0 spiro atoms. The van der Waals surface area contributed by atoms with Crippen LogP contribution >= 0.6 is 0 Å². The van der Waals surface area contributed by atoms with Gasteiger partial charge in [0.25, 0.3) is 0 Å². The highest BCUT2D eigenvalue weighted by Gasteiger charge is 2.31. The average molecular weight is 506 g/mol. The first-order valence-electron chi connectivity index (χ1n) is 11.3. The first kappa shape index (κ1) is 26.8. The number of halogens is 4. The summed E-state index contributed by atoms with van der Waals surface area (Å²) in [6, 6.07) is 12.7. The molecule has 3 aromatic rings. The van der Waals surface area contributed by atoms with Gasteiger partial charge in [-0.05, 0) is 53.9 Å². The van der Waals surface area contributed by atoms with Crippen LogP contribution in [0.1, 0.15) is 30.7 Å². The zero-order chi connectivity index (χ0) is 26.3. The molecular formula is C26H27F4N3O3. The number of nitrogens with zero attached hydrogens (tertiary/aromatic N) is 2. The van der Waals surface area contributed by atoms with Crippen molar-refractivity contribution in [2.45, 2.75) is 33.1 Å². The molecule has 1 heterocycles. The topological polar surface area (TPSA) is 65.8 Å². The molecule has 1 N–H and O–H groups in total. The molecule has 0 bridgehead atoms. The fourth-order valence-corrected chi connectivity index (χ4v) is 3.53. The average Bonchev–Trinajstić information content (AvgIpc) is 3.32. The number of benzene rings is 2. The lowest BCUT2D eigenvalue weighted by atomic mass is 10.2. The van der Waals surface area contributed by atoms with E-state index in [-0.39, 0.29) is 37.8 Å². The second-order valence-corrected chi connectivity index (χ2v) is 8.74. The van der Waals surface area contributed by atoms with E-state index in [2.05, 4.69) is 5.32 Å². The van der Waals surface area contributed by atoms with E-state index in [1.165, 1.54) is 40.3 Å². The molecule has 0 saturated carbocycles. The molecule has 0 aliphatic heterocycles. The van der Waals surface area contributed by atoms with Crippen molar-refractivity contribution in [2.24, 2.45) is 5.92 Å². The smallest absolute Gasteiger partial charge is 0.416 e. The van der Waals surface area contributed by atoms with E-state index in [9.17, 15) is 27.2 Å². The van der Waals surface area contributed by atoms with Gasteiger partial charge in [0.05, 0.1) is 18.4 Å². The Morgan fingerprint density at radius 2 is 1.69 bits per heavy atom. The molecule has 2 aromatic carbocycles. The molecule has 0 radical (unpaired) electrons. The van der Waals surface area contributed by atoms with E-state index in [1.54, 1.807) is 24.3 Å². The van der Waals surface area contributed by atoms with Crippen molar-refractivity contribution in [2.75, 3.05) is 18.4 Å². The van der Waals surface area contributed by atoms with Gasteiger partial charge in [0.2, 0.25) is 5.91 Å². The highest BCUT2D eigenvalue weighted by Crippen LogP contribution is 2.30. The number of hydrogen-bond donors (Lipinski definition) is 1. The quantitative estimate of drug-likeness (QED) is 0.355. The molecule has 0 saturated heterocycles. The molecule has 0 aliphatic carbocycles. The number of urea groups is 1. The minimum Gasteiger partial charge on any atom is -0.467 e. The number of hydrogen-bond acceptors (Lipinski definition) is 3. The van der Waals surface area contributed by atoms with Crippen LogP contribution in [0.15, 0.2) is 71.3 Å². The van der Waals surface area contributed by atoms with Crippen LogP contribution in [-0.4, -0.2) is 34.8 Å². The van der Waals surface area contributed by atoms with E-state index in [4.69, 9.17) is 4.42 Å². The SMILES string of the molecule is CC(C)CN(CC(=O)N(Cc1ccc(F)cc1)Cc1ccco1)C(=O)Nc1cccc(C(F)(F)F)c1. The van der Waals surface area contributed by atoms with E-state index >= 15 is 0 Å². The second kappa shape index (κ2) is 11.7. The molecular weight excluding hydrogens is 478 g/mol. The van der Waals surface area contributed by atoms with Crippen molar-refractivity contribution in [3.63, 3.8) is 0 Å². The van der Waals surface area contributed by atoms with Crippen molar-refractivity contribution < 1.29 is 31.6 Å². The van der Waals surface area contributed by atoms with E-state index in [0.717, 1.165) is 12.1 Å². The maximum Gasteiger partial charge on any atom is 0.416 e. The maximum atomic E-state index is 13.3. The van der Waals surface area contributed by atoms with Crippen LogP contribution in [0, 0.1) is 11.7 Å². The van der Waals surface area contributed by atoms with Crippen LogP contribution in [0.25, 0.3) is 0 Å². The Hall–Kier alpha value is -3.82. The summed E-state index contributed by atoms with van der Waals surface area (Å²) in [5.74, 6) is -0.303. The second-order valence-electron chi connectivity index (χ2n) is 8.74. The van der Waals surface area contributed by atoms with Crippen LogP contribution < -0.4 is 5.32 Å². The van der Waals surface area contributed by atoms with Gasteiger partial charge in [-0.25, -0.2) is 9.18 Å². The van der Waals surface area contributed by atoms with Gasteiger partial charge in [0.1, 0.15) is 18.1 Å². The van der Waals surface area contributed by atoms with E-state index in [1.807, 2.05) is 13.8 Å². The summed E-state index contributed by atoms with van der Waals surface area (Å²) in [5, 5.41) is 2.46. The first-order chi connectivity index (χ1) is 17.0. The third kappa shape index (κ3) is 7.86. The van der Waals surface area contributed by atoms with Gasteiger partial charge >= 0.3 is 12.2 Å².